The first kappa shape index (κ1) is 27.7. The number of Topliss-reactive ketones (excluding diaryl/α,β-unsaturated/α-hetero) is 1. The van der Waals surface area contributed by atoms with Crippen LogP contribution in [0.3, 0.4) is 0 Å². The van der Waals surface area contributed by atoms with Crippen molar-refractivity contribution in [2.24, 2.45) is 22.7 Å². The molecule has 4 rings (SSSR count). The number of esters is 1. The zero-order valence-electron chi connectivity index (χ0n) is 22.3. The van der Waals surface area contributed by atoms with E-state index in [2.05, 4.69) is 52.0 Å². The Morgan fingerprint density at radius 3 is 2.39 bits per heavy atom. The lowest BCUT2D eigenvalue weighted by Gasteiger charge is -2.33. The van der Waals surface area contributed by atoms with E-state index in [0.29, 0.717) is 24.2 Å². The Labute approximate surface area is 216 Å². The van der Waals surface area contributed by atoms with Crippen molar-refractivity contribution < 1.29 is 19.4 Å². The van der Waals surface area contributed by atoms with Gasteiger partial charge in [0.25, 0.3) is 0 Å². The Hall–Kier alpha value is -2.88. The van der Waals surface area contributed by atoms with Gasteiger partial charge in [0, 0.05) is 6.42 Å². The van der Waals surface area contributed by atoms with Gasteiger partial charge in [-0.25, -0.2) is 4.79 Å². The molecule has 2 bridgehead atoms. The molecule has 3 atom stereocenters. The molecule has 2 aromatic carbocycles. The maximum atomic E-state index is 12.3. The molecule has 0 spiro atoms. The molecule has 0 amide bonds. The Kier molecular flexibility index (Phi) is 9.53. The van der Waals surface area contributed by atoms with Crippen LogP contribution in [0.25, 0.3) is 6.08 Å². The second kappa shape index (κ2) is 12.4. The molecule has 4 heteroatoms. The van der Waals surface area contributed by atoms with E-state index >= 15 is 0 Å². The number of benzene rings is 2. The van der Waals surface area contributed by atoms with Gasteiger partial charge in [-0.2, -0.15) is 0 Å². The van der Waals surface area contributed by atoms with Gasteiger partial charge >= 0.3 is 5.97 Å². The van der Waals surface area contributed by atoms with Crippen LogP contribution >= 0.6 is 0 Å². The van der Waals surface area contributed by atoms with Crippen LogP contribution in [0.2, 0.25) is 0 Å². The Morgan fingerprint density at radius 1 is 1.11 bits per heavy atom. The standard InChI is InChI=1S/C17H20O.C15H22O3/c1-16(2)14-9-11-17(16,15(18)12-14)10-8-13-6-4-3-5-7-13;1-3-5-8-12(4-2)11-18-15(17)13-9-6-7-10-14(13)16/h3-8,10,14H,9,11-12H2,1-2H3;6-7,9-10,12,16H,3-5,8,11H2,1-2H3. The largest absolute Gasteiger partial charge is 0.507 e. The van der Waals surface area contributed by atoms with Gasteiger partial charge in [0.15, 0.2) is 0 Å². The second-order valence-electron chi connectivity index (χ2n) is 10.8. The maximum absolute atomic E-state index is 12.3. The average molecular weight is 491 g/mol. The molecule has 0 aromatic heterocycles. The number of rotatable bonds is 9. The lowest BCUT2D eigenvalue weighted by atomic mass is 9.68. The fraction of sp³-hybridized carbons (Fsp3) is 0.500. The number of hydrogen-bond donors (Lipinski definition) is 1. The molecule has 2 aromatic rings. The van der Waals surface area contributed by atoms with Gasteiger partial charge in [0.2, 0.25) is 0 Å². The molecule has 2 saturated carbocycles. The molecule has 2 aliphatic carbocycles. The predicted octanol–water partition coefficient (Wildman–Crippen LogP) is 7.86. The summed E-state index contributed by atoms with van der Waals surface area (Å²) in [4.78, 5) is 24.1. The van der Waals surface area contributed by atoms with Crippen molar-refractivity contribution in [2.75, 3.05) is 6.61 Å². The SMILES string of the molecule is CC1(C)C2CCC1(C=Cc1ccccc1)C(=O)C2.CCCCC(CC)COC(=O)c1ccccc1O. The minimum atomic E-state index is -0.442. The highest BCUT2D eigenvalue weighted by Crippen LogP contribution is 2.64. The van der Waals surface area contributed by atoms with Crippen LogP contribution in [-0.2, 0) is 9.53 Å². The van der Waals surface area contributed by atoms with Gasteiger partial charge in [-0.3, -0.25) is 4.79 Å². The second-order valence-corrected chi connectivity index (χ2v) is 10.8. The summed E-state index contributed by atoms with van der Waals surface area (Å²) < 4.78 is 5.26. The topological polar surface area (TPSA) is 63.6 Å². The van der Waals surface area contributed by atoms with Crippen LogP contribution in [0.15, 0.2) is 60.7 Å². The molecular weight excluding hydrogens is 448 g/mol. The zero-order valence-corrected chi connectivity index (χ0v) is 22.3. The molecule has 0 aliphatic heterocycles. The highest BCUT2D eigenvalue weighted by atomic mass is 16.5. The third-order valence-corrected chi connectivity index (χ3v) is 8.46. The highest BCUT2D eigenvalue weighted by Gasteiger charge is 2.62. The Morgan fingerprint density at radius 2 is 1.81 bits per heavy atom. The summed E-state index contributed by atoms with van der Waals surface area (Å²) in [6, 6.07) is 16.7. The van der Waals surface area contributed by atoms with E-state index in [-0.39, 0.29) is 22.1 Å². The Balaban J connectivity index is 0.000000201. The number of hydrogen-bond acceptors (Lipinski definition) is 4. The van der Waals surface area contributed by atoms with Gasteiger partial charge in [-0.1, -0.05) is 102 Å². The van der Waals surface area contributed by atoms with Crippen LogP contribution < -0.4 is 0 Å². The van der Waals surface area contributed by atoms with Gasteiger partial charge in [0.05, 0.1) is 12.0 Å². The third kappa shape index (κ3) is 6.08. The summed E-state index contributed by atoms with van der Waals surface area (Å²) in [7, 11) is 0. The number of allylic oxidation sites excluding steroid dienone is 1. The van der Waals surface area contributed by atoms with E-state index in [1.165, 1.54) is 18.1 Å². The van der Waals surface area contributed by atoms with Gasteiger partial charge < -0.3 is 9.84 Å². The number of fused-ring (bicyclic) bond motifs is 2. The average Bonchev–Trinajstić information content (AvgIpc) is 3.24. The number of ketones is 1. The van der Waals surface area contributed by atoms with Crippen molar-refractivity contribution in [3.05, 3.63) is 71.8 Å². The monoisotopic (exact) mass is 490 g/mol. The highest BCUT2D eigenvalue weighted by molar-refractivity contribution is 5.93. The minimum absolute atomic E-state index is 0.0240. The molecular formula is C32H42O4. The molecule has 3 unspecified atom stereocenters. The van der Waals surface area contributed by atoms with Crippen molar-refractivity contribution in [3.63, 3.8) is 0 Å². The smallest absolute Gasteiger partial charge is 0.341 e. The molecule has 2 aliphatic rings. The van der Waals surface area contributed by atoms with Crippen molar-refractivity contribution >= 4 is 17.8 Å². The molecule has 2 fully saturated rings. The van der Waals surface area contributed by atoms with Crippen molar-refractivity contribution in [1.29, 1.82) is 0 Å². The van der Waals surface area contributed by atoms with Crippen LogP contribution in [0, 0.1) is 22.7 Å². The summed E-state index contributed by atoms with van der Waals surface area (Å²) in [5.41, 5.74) is 1.36. The van der Waals surface area contributed by atoms with Crippen LogP contribution in [0.5, 0.6) is 5.75 Å². The lowest BCUT2D eigenvalue weighted by Crippen LogP contribution is -2.33. The first-order valence-corrected chi connectivity index (χ1v) is 13.5. The molecule has 194 valence electrons. The fourth-order valence-corrected chi connectivity index (χ4v) is 5.72. The van der Waals surface area contributed by atoms with Crippen molar-refractivity contribution in [3.8, 4) is 5.75 Å². The van der Waals surface area contributed by atoms with E-state index in [1.807, 2.05) is 18.2 Å². The van der Waals surface area contributed by atoms with Gasteiger partial charge in [0.1, 0.15) is 17.1 Å². The first-order valence-electron chi connectivity index (χ1n) is 13.5. The van der Waals surface area contributed by atoms with Gasteiger partial charge in [-0.15, -0.1) is 0 Å². The number of carbonyl (C=O) groups is 2. The van der Waals surface area contributed by atoms with Crippen LogP contribution in [-0.4, -0.2) is 23.5 Å². The summed E-state index contributed by atoms with van der Waals surface area (Å²) in [6.45, 7) is 9.23. The quantitative estimate of drug-likeness (QED) is 0.363. The van der Waals surface area contributed by atoms with Crippen LogP contribution in [0.1, 0.15) is 88.6 Å². The van der Waals surface area contributed by atoms with Crippen LogP contribution in [0.4, 0.5) is 0 Å². The summed E-state index contributed by atoms with van der Waals surface area (Å²) in [5, 5.41) is 9.54. The maximum Gasteiger partial charge on any atom is 0.341 e. The van der Waals surface area contributed by atoms with E-state index in [9.17, 15) is 14.7 Å². The Bertz CT molecular complexity index is 1040. The molecule has 36 heavy (non-hydrogen) atoms. The number of para-hydroxylation sites is 1. The normalized spacial score (nSPS) is 22.8. The van der Waals surface area contributed by atoms with E-state index < -0.39 is 5.97 Å². The number of phenols is 1. The molecule has 0 radical (unpaired) electrons. The molecule has 0 heterocycles. The molecule has 1 N–H and O–H groups in total. The summed E-state index contributed by atoms with van der Waals surface area (Å²) in [5.74, 6) is 0.994. The molecule has 0 saturated heterocycles. The van der Waals surface area contributed by atoms with Crippen molar-refractivity contribution in [1.82, 2.24) is 0 Å². The molecule has 4 nitrogen and oxygen atoms in total. The zero-order chi connectivity index (χ0) is 26.2. The predicted molar refractivity (Wildman–Crippen MR) is 146 cm³/mol. The van der Waals surface area contributed by atoms with E-state index in [4.69, 9.17) is 4.74 Å². The van der Waals surface area contributed by atoms with E-state index in [0.717, 1.165) is 38.5 Å². The number of ether oxygens (including phenoxy) is 1. The summed E-state index contributed by atoms with van der Waals surface area (Å²) >= 11 is 0. The summed E-state index contributed by atoms with van der Waals surface area (Å²) in [6.07, 6.45) is 11.8. The first-order chi connectivity index (χ1) is 17.2. The number of phenolic OH excluding ortho intramolecular Hbond substituents is 1. The van der Waals surface area contributed by atoms with Gasteiger partial charge in [-0.05, 0) is 54.2 Å². The fourth-order valence-electron chi connectivity index (χ4n) is 5.72. The minimum Gasteiger partial charge on any atom is -0.507 e. The number of unbranched alkanes of at least 4 members (excludes halogenated alkanes) is 1. The lowest BCUT2D eigenvalue weighted by molar-refractivity contribution is -0.126. The third-order valence-electron chi connectivity index (χ3n) is 8.46. The number of aromatic hydroxyl groups is 1. The number of carbonyl (C=O) groups excluding carboxylic acids is 2. The van der Waals surface area contributed by atoms with Crippen molar-refractivity contribution in [2.45, 2.75) is 72.6 Å². The van der Waals surface area contributed by atoms with E-state index in [1.54, 1.807) is 18.2 Å².